The van der Waals surface area contributed by atoms with Crippen LogP contribution in [0.15, 0.2) is 0 Å². The molecule has 138 valence electrons. The Morgan fingerprint density at radius 1 is 1.00 bits per heavy atom. The predicted molar refractivity (Wildman–Crippen MR) is 104 cm³/mol. The van der Waals surface area contributed by atoms with Crippen molar-refractivity contribution in [3.05, 3.63) is 0 Å². The number of rotatable bonds is 10. The lowest BCUT2D eigenvalue weighted by Gasteiger charge is -2.41. The summed E-state index contributed by atoms with van der Waals surface area (Å²) in [6.45, 7) is 17.9. The molecule has 1 unspecified atom stereocenters. The quantitative estimate of drug-likeness (QED) is 0.536. The van der Waals surface area contributed by atoms with Gasteiger partial charge in [-0.1, -0.05) is 52.9 Å². The van der Waals surface area contributed by atoms with E-state index in [9.17, 15) is 0 Å². The van der Waals surface area contributed by atoms with Crippen LogP contribution >= 0.6 is 0 Å². The highest BCUT2D eigenvalue weighted by Crippen LogP contribution is 2.22. The van der Waals surface area contributed by atoms with Crippen LogP contribution in [0.1, 0.15) is 92.9 Å². The Bertz CT molecular complexity index is 285. The van der Waals surface area contributed by atoms with Crippen molar-refractivity contribution in [3.8, 4) is 0 Å². The predicted octanol–water partition coefficient (Wildman–Crippen LogP) is 5.47. The molecule has 0 amide bonds. The lowest BCUT2D eigenvalue weighted by atomic mass is 9.88. The van der Waals surface area contributed by atoms with Gasteiger partial charge in [0.15, 0.2) is 0 Å². The first-order valence-electron chi connectivity index (χ1n) is 10.3. The second kappa shape index (κ2) is 10.7. The minimum absolute atomic E-state index is 0.345. The summed E-state index contributed by atoms with van der Waals surface area (Å²) in [5.74, 6) is 1.81. The van der Waals surface area contributed by atoms with Crippen LogP contribution < -0.4 is 5.32 Å². The molecule has 1 aliphatic heterocycles. The normalized spacial score (nSPS) is 19.4. The maximum absolute atomic E-state index is 3.80. The third-order valence-corrected chi connectivity index (χ3v) is 5.85. The van der Waals surface area contributed by atoms with Gasteiger partial charge in [0.25, 0.3) is 0 Å². The van der Waals surface area contributed by atoms with Gasteiger partial charge in [0, 0.05) is 24.7 Å². The summed E-state index contributed by atoms with van der Waals surface area (Å²) in [5.41, 5.74) is 0.345. The van der Waals surface area contributed by atoms with Gasteiger partial charge in [-0.2, -0.15) is 0 Å². The first-order chi connectivity index (χ1) is 10.8. The van der Waals surface area contributed by atoms with Crippen LogP contribution in [0, 0.1) is 11.8 Å². The Morgan fingerprint density at radius 2 is 1.61 bits per heavy atom. The summed E-state index contributed by atoms with van der Waals surface area (Å²) in [7, 11) is 0. The van der Waals surface area contributed by atoms with Gasteiger partial charge in [-0.15, -0.1) is 0 Å². The van der Waals surface area contributed by atoms with Crippen molar-refractivity contribution in [2.75, 3.05) is 19.6 Å². The fourth-order valence-corrected chi connectivity index (χ4v) is 3.95. The fourth-order valence-electron chi connectivity index (χ4n) is 3.95. The zero-order valence-corrected chi connectivity index (χ0v) is 17.0. The van der Waals surface area contributed by atoms with Gasteiger partial charge >= 0.3 is 0 Å². The highest BCUT2D eigenvalue weighted by molar-refractivity contribution is 4.84. The number of hydrogen-bond donors (Lipinski definition) is 1. The molecular formula is C21H44N2. The maximum Gasteiger partial charge on any atom is 0.0125 e. The summed E-state index contributed by atoms with van der Waals surface area (Å²) in [4.78, 5) is 2.63. The van der Waals surface area contributed by atoms with Gasteiger partial charge < -0.3 is 5.32 Å². The van der Waals surface area contributed by atoms with Crippen molar-refractivity contribution in [3.63, 3.8) is 0 Å². The van der Waals surface area contributed by atoms with E-state index >= 15 is 0 Å². The van der Waals surface area contributed by atoms with Gasteiger partial charge in [0.1, 0.15) is 0 Å². The monoisotopic (exact) mass is 324 g/mol. The largest absolute Gasteiger partial charge is 0.314 e. The zero-order chi connectivity index (χ0) is 17.3. The van der Waals surface area contributed by atoms with E-state index in [2.05, 4.69) is 51.8 Å². The van der Waals surface area contributed by atoms with Crippen LogP contribution in [0.4, 0.5) is 0 Å². The molecule has 2 heteroatoms. The third-order valence-electron chi connectivity index (χ3n) is 5.85. The summed E-state index contributed by atoms with van der Waals surface area (Å²) in [6.07, 6.45) is 11.1. The Labute approximate surface area is 146 Å². The first kappa shape index (κ1) is 21.0. The van der Waals surface area contributed by atoms with Crippen molar-refractivity contribution in [1.29, 1.82) is 0 Å². The molecule has 0 aromatic heterocycles. The molecule has 1 N–H and O–H groups in total. The van der Waals surface area contributed by atoms with E-state index in [0.717, 1.165) is 17.9 Å². The number of piperidine rings is 1. The second-order valence-corrected chi connectivity index (χ2v) is 9.00. The van der Waals surface area contributed by atoms with Crippen molar-refractivity contribution < 1.29 is 0 Å². The molecule has 1 saturated heterocycles. The Kier molecular flexibility index (Phi) is 9.77. The zero-order valence-electron chi connectivity index (χ0n) is 17.0. The molecule has 0 bridgehead atoms. The van der Waals surface area contributed by atoms with E-state index < -0.39 is 0 Å². The van der Waals surface area contributed by atoms with E-state index in [1.165, 1.54) is 71.0 Å². The van der Waals surface area contributed by atoms with Crippen LogP contribution in [0.2, 0.25) is 0 Å². The van der Waals surface area contributed by atoms with E-state index in [-0.39, 0.29) is 0 Å². The molecule has 23 heavy (non-hydrogen) atoms. The Hall–Kier alpha value is -0.0800. The van der Waals surface area contributed by atoms with Gasteiger partial charge in [-0.3, -0.25) is 4.90 Å². The number of nitrogens with zero attached hydrogens (tertiary/aromatic N) is 1. The van der Waals surface area contributed by atoms with Crippen LogP contribution in [0.5, 0.6) is 0 Å². The van der Waals surface area contributed by atoms with E-state index in [1.807, 2.05) is 0 Å². The minimum Gasteiger partial charge on any atom is -0.314 e. The number of unbranched alkanes of at least 4 members (excludes halogenated alkanes) is 3. The molecule has 0 radical (unpaired) electrons. The molecule has 1 fully saturated rings. The maximum atomic E-state index is 3.80. The lowest BCUT2D eigenvalue weighted by molar-refractivity contribution is 0.0963. The van der Waals surface area contributed by atoms with Crippen LogP contribution in [0.3, 0.4) is 0 Å². The molecule has 1 aliphatic rings. The molecule has 0 aromatic rings. The minimum atomic E-state index is 0.345. The van der Waals surface area contributed by atoms with Crippen molar-refractivity contribution in [2.24, 2.45) is 11.8 Å². The van der Waals surface area contributed by atoms with E-state index in [4.69, 9.17) is 0 Å². The third kappa shape index (κ3) is 8.54. The average Bonchev–Trinajstić information content (AvgIpc) is 2.49. The number of hydrogen-bond acceptors (Lipinski definition) is 2. The summed E-state index contributed by atoms with van der Waals surface area (Å²) in [6, 6.07) is 0.763. The van der Waals surface area contributed by atoms with Crippen LogP contribution in [-0.2, 0) is 0 Å². The highest BCUT2D eigenvalue weighted by atomic mass is 15.2. The van der Waals surface area contributed by atoms with Gasteiger partial charge in [0.05, 0.1) is 0 Å². The second-order valence-electron chi connectivity index (χ2n) is 9.00. The number of nitrogens with one attached hydrogen (secondary N) is 1. The summed E-state index contributed by atoms with van der Waals surface area (Å²) >= 11 is 0. The molecule has 0 saturated carbocycles. The SMILES string of the molecule is CCC(CCCCCCNC1CCN(C(C)(C)C)CC1)C(C)C. The highest BCUT2D eigenvalue weighted by Gasteiger charge is 2.26. The van der Waals surface area contributed by atoms with Crippen molar-refractivity contribution in [2.45, 2.75) is 104 Å². The van der Waals surface area contributed by atoms with Crippen LogP contribution in [0.25, 0.3) is 0 Å². The fraction of sp³-hybridized carbons (Fsp3) is 1.00. The van der Waals surface area contributed by atoms with Gasteiger partial charge in [-0.25, -0.2) is 0 Å². The molecular weight excluding hydrogens is 280 g/mol. The Morgan fingerprint density at radius 3 is 2.13 bits per heavy atom. The van der Waals surface area contributed by atoms with Gasteiger partial charge in [-0.05, 0) is 58.4 Å². The van der Waals surface area contributed by atoms with Gasteiger partial charge in [0.2, 0.25) is 0 Å². The topological polar surface area (TPSA) is 15.3 Å². The van der Waals surface area contributed by atoms with Crippen molar-refractivity contribution in [1.82, 2.24) is 10.2 Å². The standard InChI is InChI=1S/C21H44N2/c1-7-19(18(2)3)12-10-8-9-11-15-22-20-13-16-23(17-14-20)21(4,5)6/h18-20,22H,7-17H2,1-6H3. The first-order valence-corrected chi connectivity index (χ1v) is 10.3. The van der Waals surface area contributed by atoms with Crippen molar-refractivity contribution >= 4 is 0 Å². The molecule has 1 rings (SSSR count). The molecule has 0 aromatic carbocycles. The van der Waals surface area contributed by atoms with E-state index in [0.29, 0.717) is 5.54 Å². The average molecular weight is 325 g/mol. The molecule has 0 spiro atoms. The molecule has 1 atom stereocenters. The molecule has 1 heterocycles. The summed E-state index contributed by atoms with van der Waals surface area (Å²) in [5, 5.41) is 3.80. The smallest absolute Gasteiger partial charge is 0.0125 e. The molecule has 2 nitrogen and oxygen atoms in total. The molecule has 0 aliphatic carbocycles. The van der Waals surface area contributed by atoms with E-state index in [1.54, 1.807) is 0 Å². The summed E-state index contributed by atoms with van der Waals surface area (Å²) < 4.78 is 0. The van der Waals surface area contributed by atoms with Crippen LogP contribution in [-0.4, -0.2) is 36.1 Å². The lowest BCUT2D eigenvalue weighted by Crippen LogP contribution is -2.50. The number of likely N-dealkylation sites (tertiary alicyclic amines) is 1. The Balaban J connectivity index is 1.98.